The zero-order valence-corrected chi connectivity index (χ0v) is 82.6. The number of benzene rings is 18. The number of nitrogens with zero attached hydrogens (tertiary/aromatic N) is 6. The van der Waals surface area contributed by atoms with Crippen LogP contribution in [0.15, 0.2) is 376 Å². The topological polar surface area (TPSA) is 193 Å². The molecule has 732 valence electrons. The van der Waals surface area contributed by atoms with Gasteiger partial charge in [0.25, 0.3) is 0 Å². The van der Waals surface area contributed by atoms with Crippen molar-refractivity contribution in [2.45, 2.75) is 67.7 Å². The SMILES string of the molecule is COCN1C(=O)N(COC)C2C1N(COC)C(=O)N2COC.Cc1cc(C2(c3ccc(O)c(C)c3)c3ccccc3-c3ccccc32)ccc1O.c1ccc2c(c1)-c1ccccc1C2(c1ccc(N2COc3c(ccc4ccccc34)C2)cc1)c1ccc(N2COc3c(ccc4ccccc34)C2)cc1.c1ccc2c(c1)-c1ccccc1C2(c1ccc2cc(OCC3CO3)ccc2c1)c1ccc2cc(OCC3CO3)ccc2c1. The number of rotatable bonds is 22. The fourth-order valence-electron chi connectivity index (χ4n) is 23.6. The maximum absolute atomic E-state index is 12.6. The Labute approximate surface area is 853 Å². The molecule has 20 nitrogen and oxygen atoms in total. The second kappa shape index (κ2) is 38.7. The largest absolute Gasteiger partial charge is 0.508 e. The first kappa shape index (κ1) is 93.1. The Bertz CT molecular complexity index is 7620. The van der Waals surface area contributed by atoms with E-state index in [0.29, 0.717) is 38.2 Å². The van der Waals surface area contributed by atoms with Crippen LogP contribution in [0.2, 0.25) is 0 Å². The highest BCUT2D eigenvalue weighted by atomic mass is 16.6. The molecule has 2 unspecified atom stereocenters. The van der Waals surface area contributed by atoms with Gasteiger partial charge >= 0.3 is 12.1 Å². The third-order valence-electron chi connectivity index (χ3n) is 30.6. The number of aryl methyl sites for hydroxylation is 2. The Balaban J connectivity index is 0.000000110. The van der Waals surface area contributed by atoms with Crippen molar-refractivity contribution in [3.8, 4) is 67.9 Å². The van der Waals surface area contributed by atoms with Gasteiger partial charge in [-0.15, -0.1) is 0 Å². The van der Waals surface area contributed by atoms with Gasteiger partial charge in [0.2, 0.25) is 0 Å². The van der Waals surface area contributed by atoms with E-state index in [1.54, 1.807) is 12.1 Å². The first-order valence-corrected chi connectivity index (χ1v) is 50.0. The summed E-state index contributed by atoms with van der Waals surface area (Å²) in [5, 5.41) is 29.8. The molecular weight excluding hydrogens is 1830 g/mol. The van der Waals surface area contributed by atoms with E-state index >= 15 is 0 Å². The molecule has 18 aromatic carbocycles. The molecule has 0 radical (unpaired) electrons. The molecule has 0 spiro atoms. The zero-order valence-electron chi connectivity index (χ0n) is 82.6. The molecule has 18 aromatic rings. The number of carbonyl (C=O) groups excluding carboxylic acids is 2. The van der Waals surface area contributed by atoms with E-state index in [1.807, 2.05) is 26.0 Å². The molecule has 0 aromatic heterocycles. The van der Waals surface area contributed by atoms with Gasteiger partial charge in [0, 0.05) is 74.8 Å². The minimum absolute atomic E-state index is 0.0640. The normalized spacial score (nSPS) is 17.5. The number of aromatic hydroxyl groups is 2. The van der Waals surface area contributed by atoms with E-state index in [0.717, 1.165) is 93.7 Å². The number of anilines is 2. The molecular formula is C127H110N6O14. The van der Waals surface area contributed by atoms with E-state index < -0.39 is 28.6 Å². The molecule has 3 aliphatic carbocycles. The maximum Gasteiger partial charge on any atom is 0.327 e. The number of ether oxygens (including phenoxy) is 10. The Kier molecular flexibility index (Phi) is 24.5. The molecule has 27 rings (SSSR count). The minimum atomic E-state index is -0.523. The van der Waals surface area contributed by atoms with Crippen LogP contribution in [0.1, 0.15) is 89.0 Å². The molecule has 6 heterocycles. The number of phenolic OH excluding ortho intramolecular Hbond substituents is 2. The fourth-order valence-corrected chi connectivity index (χ4v) is 23.6. The summed E-state index contributed by atoms with van der Waals surface area (Å²) in [6.45, 7) is 9.55. The zero-order chi connectivity index (χ0) is 99.8. The van der Waals surface area contributed by atoms with Crippen molar-refractivity contribution in [2.75, 3.05) is 105 Å². The number of hydrogen-bond donors (Lipinski definition) is 2. The molecule has 4 saturated heterocycles. The predicted molar refractivity (Wildman–Crippen MR) is 574 cm³/mol. The molecule has 9 aliphatic rings. The first-order valence-electron chi connectivity index (χ1n) is 50.0. The van der Waals surface area contributed by atoms with E-state index in [4.69, 9.17) is 47.4 Å². The first-order chi connectivity index (χ1) is 72.2. The van der Waals surface area contributed by atoms with Crippen molar-refractivity contribution in [3.63, 3.8) is 0 Å². The highest BCUT2D eigenvalue weighted by Gasteiger charge is 2.60. The van der Waals surface area contributed by atoms with E-state index in [-0.39, 0.29) is 51.2 Å². The highest BCUT2D eigenvalue weighted by molar-refractivity contribution is 5.96. The quantitative estimate of drug-likeness (QED) is 0.0608. The van der Waals surface area contributed by atoms with Crippen molar-refractivity contribution in [1.29, 1.82) is 0 Å². The summed E-state index contributed by atoms with van der Waals surface area (Å²) in [6, 6.07) is 135. The van der Waals surface area contributed by atoms with Crippen LogP contribution >= 0.6 is 0 Å². The number of hydrogen-bond acceptors (Lipinski definition) is 16. The van der Waals surface area contributed by atoms with Gasteiger partial charge in [-0.25, -0.2) is 9.59 Å². The van der Waals surface area contributed by atoms with Crippen LogP contribution < -0.4 is 28.7 Å². The molecule has 2 atom stereocenters. The van der Waals surface area contributed by atoms with Gasteiger partial charge in [0.15, 0.2) is 25.8 Å². The summed E-state index contributed by atoms with van der Waals surface area (Å²) in [5.74, 6) is 4.36. The van der Waals surface area contributed by atoms with Crippen molar-refractivity contribution >= 4 is 66.5 Å². The Morgan fingerprint density at radius 1 is 0.306 bits per heavy atom. The average molecular weight is 1940 g/mol. The van der Waals surface area contributed by atoms with Gasteiger partial charge in [0.1, 0.15) is 86.8 Å². The van der Waals surface area contributed by atoms with Crippen molar-refractivity contribution in [1.82, 2.24) is 19.6 Å². The van der Waals surface area contributed by atoms with Crippen molar-refractivity contribution in [3.05, 3.63) is 465 Å². The lowest BCUT2D eigenvalue weighted by molar-refractivity contribution is -0.0135. The molecule has 0 bridgehead atoms. The number of amides is 4. The molecule has 0 saturated carbocycles. The highest BCUT2D eigenvalue weighted by Crippen LogP contribution is 2.61. The lowest BCUT2D eigenvalue weighted by Crippen LogP contribution is -2.48. The Morgan fingerprint density at radius 2 is 0.585 bits per heavy atom. The van der Waals surface area contributed by atoms with Gasteiger partial charge in [-0.05, 0) is 230 Å². The van der Waals surface area contributed by atoms with Crippen LogP contribution in [-0.2, 0) is 57.8 Å². The Morgan fingerprint density at radius 3 is 0.912 bits per heavy atom. The number of urea groups is 2. The van der Waals surface area contributed by atoms with Crippen LogP contribution in [0.4, 0.5) is 21.0 Å². The number of phenols is 2. The number of epoxide rings is 2. The van der Waals surface area contributed by atoms with Gasteiger partial charge in [-0.3, -0.25) is 19.6 Å². The molecule has 2 N–H and O–H groups in total. The second-order valence-corrected chi connectivity index (χ2v) is 39.0. The fraction of sp³-hybridized carbons (Fsp3) is 0.197. The summed E-state index contributed by atoms with van der Waals surface area (Å²) in [7, 11) is 5.97. The molecule has 20 heteroatoms. The van der Waals surface area contributed by atoms with Crippen LogP contribution in [0.3, 0.4) is 0 Å². The predicted octanol–water partition coefficient (Wildman–Crippen LogP) is 24.6. The maximum atomic E-state index is 12.6. The second-order valence-electron chi connectivity index (χ2n) is 39.0. The third-order valence-corrected chi connectivity index (χ3v) is 30.6. The van der Waals surface area contributed by atoms with Gasteiger partial charge in [-0.1, -0.05) is 303 Å². The minimum Gasteiger partial charge on any atom is -0.508 e. The monoisotopic (exact) mass is 1940 g/mol. The molecule has 4 fully saturated rings. The lowest BCUT2D eigenvalue weighted by atomic mass is 9.67. The van der Waals surface area contributed by atoms with Crippen LogP contribution in [-0.4, -0.2) is 162 Å². The van der Waals surface area contributed by atoms with Gasteiger partial charge in [-0.2, -0.15) is 0 Å². The summed E-state index contributed by atoms with van der Waals surface area (Å²) < 4.78 is 55.9. The van der Waals surface area contributed by atoms with Crippen LogP contribution in [0.5, 0.6) is 34.5 Å². The molecule has 6 aliphatic heterocycles. The lowest BCUT2D eigenvalue weighted by Gasteiger charge is -2.36. The standard InChI is InChI=1S/C49H36N2O2.C39H30O4.C27H22O2.C12H22N4O6/c1-3-11-41-33(9-1)17-19-35-29-50(31-52-47(35)41)39-25-21-37(22-26-39)49(45-15-7-5-13-43(45)44-14-6-8-16-46(44)49)38-23-27-40(28-24-38)51-30-36-20-18-34-10-2-4-12-42(34)48(36)53-32-51;1-3-7-37-35(5-1)36-6-2-4-8-38(36)39(37,29-13-9-27-19-31(15-11-25(27)17-29)40-21-33-23-42-33)30-14-10-28-20-32(16-12-26(28)18-30)41-22-34-24-43-34;1-17-15-19(11-13-25(17)28)27(20-12-14-26(29)18(2)16-20)23-9-5-3-7-21(23)22-8-4-6-10-24(22)27;1-19-5-13-9-10(15(7-21-3)11(13)17)16(8-22-4)12(18)14(9)6-20-2/h1-28H,29-32H2;1-20,33-34H,21-24H2;3-16,28-29H,1-2H3;9-10H,5-8H2,1-4H3. The van der Waals surface area contributed by atoms with Gasteiger partial charge < -0.3 is 67.4 Å². The van der Waals surface area contributed by atoms with Crippen LogP contribution in [0.25, 0.3) is 76.5 Å². The van der Waals surface area contributed by atoms with Crippen molar-refractivity contribution in [2.24, 2.45) is 0 Å². The molecule has 147 heavy (non-hydrogen) atoms. The number of carbonyl (C=O) groups is 2. The summed E-state index contributed by atoms with van der Waals surface area (Å²) >= 11 is 0. The summed E-state index contributed by atoms with van der Waals surface area (Å²) in [5.41, 5.74) is 27.5. The van der Waals surface area contributed by atoms with E-state index in [2.05, 4.69) is 362 Å². The average Bonchev–Trinajstić information content (AvgIpc) is 1.52. The smallest absolute Gasteiger partial charge is 0.327 e. The number of methoxy groups -OCH3 is 4. The number of fused-ring (bicyclic) bond motifs is 18. The van der Waals surface area contributed by atoms with E-state index in [9.17, 15) is 19.8 Å². The van der Waals surface area contributed by atoms with Crippen LogP contribution in [0, 0.1) is 13.8 Å². The Hall–Kier alpha value is -16.3. The third kappa shape index (κ3) is 16.2. The summed E-state index contributed by atoms with van der Waals surface area (Å²) in [4.78, 5) is 35.6. The van der Waals surface area contributed by atoms with Gasteiger partial charge in [0.05, 0.1) is 29.5 Å². The molecule has 4 amide bonds. The van der Waals surface area contributed by atoms with E-state index in [1.165, 1.54) is 180 Å². The van der Waals surface area contributed by atoms with Crippen molar-refractivity contribution < 1.29 is 67.2 Å². The summed E-state index contributed by atoms with van der Waals surface area (Å²) in [6.07, 6.45) is -0.576.